The van der Waals surface area contributed by atoms with E-state index in [0.717, 1.165) is 48.6 Å². The number of nitrogens with one attached hydrogen (secondary N) is 1. The van der Waals surface area contributed by atoms with Crippen LogP contribution in [0.2, 0.25) is 0 Å². The molecule has 23 heavy (non-hydrogen) atoms. The fourth-order valence-electron chi connectivity index (χ4n) is 4.22. The number of aryl methyl sites for hydroxylation is 2. The number of amides is 1. The fourth-order valence-corrected chi connectivity index (χ4v) is 4.22. The van der Waals surface area contributed by atoms with Crippen molar-refractivity contribution >= 4 is 16.9 Å². The van der Waals surface area contributed by atoms with E-state index in [1.165, 1.54) is 17.5 Å². The molecule has 2 unspecified atom stereocenters. The lowest BCUT2D eigenvalue weighted by Crippen LogP contribution is -2.40. The molecule has 0 bridgehead atoms. The molecule has 1 aromatic heterocycles. The van der Waals surface area contributed by atoms with Gasteiger partial charge >= 0.3 is 0 Å². The molecule has 2 aliphatic carbocycles. The summed E-state index contributed by atoms with van der Waals surface area (Å²) in [4.78, 5) is 12.4. The summed E-state index contributed by atoms with van der Waals surface area (Å²) in [6.45, 7) is 0.658. The topological polar surface area (TPSA) is 68.3 Å². The van der Waals surface area contributed by atoms with E-state index < -0.39 is 0 Å². The standard InChI is InChI=1S/C19H24N2O2/c20-10-14-5-2-6-17(14)21-19(22)9-15-11-23-18-8-13-4-1-3-12(13)7-16(15)18/h7-8,11,14,17H,1-6,9-10,20H2,(H,21,22). The molecule has 0 saturated heterocycles. The molecule has 1 aromatic carbocycles. The van der Waals surface area contributed by atoms with Crippen LogP contribution in [0.25, 0.3) is 11.0 Å². The average molecular weight is 312 g/mol. The van der Waals surface area contributed by atoms with Crippen molar-refractivity contribution in [2.45, 2.75) is 51.0 Å². The summed E-state index contributed by atoms with van der Waals surface area (Å²) in [5.74, 6) is 0.516. The number of benzene rings is 1. The quantitative estimate of drug-likeness (QED) is 0.912. The highest BCUT2D eigenvalue weighted by Crippen LogP contribution is 2.31. The number of hydrogen-bond acceptors (Lipinski definition) is 3. The van der Waals surface area contributed by atoms with Crippen LogP contribution in [0.5, 0.6) is 0 Å². The van der Waals surface area contributed by atoms with Crippen LogP contribution in [0.3, 0.4) is 0 Å². The van der Waals surface area contributed by atoms with Crippen molar-refractivity contribution in [3.05, 3.63) is 35.1 Å². The van der Waals surface area contributed by atoms with Crippen LogP contribution in [0, 0.1) is 5.92 Å². The number of hydrogen-bond donors (Lipinski definition) is 2. The van der Waals surface area contributed by atoms with E-state index in [9.17, 15) is 4.79 Å². The van der Waals surface area contributed by atoms with Crippen LogP contribution >= 0.6 is 0 Å². The van der Waals surface area contributed by atoms with Crippen LogP contribution < -0.4 is 11.1 Å². The SMILES string of the molecule is NCC1CCCC1NC(=O)Cc1coc2cc3c(cc12)CCC3. The maximum atomic E-state index is 12.4. The van der Waals surface area contributed by atoms with Gasteiger partial charge in [-0.1, -0.05) is 6.42 Å². The first kappa shape index (κ1) is 14.8. The summed E-state index contributed by atoms with van der Waals surface area (Å²) in [6, 6.07) is 4.62. The Morgan fingerprint density at radius 1 is 1.22 bits per heavy atom. The van der Waals surface area contributed by atoms with Crippen LogP contribution in [0.1, 0.15) is 42.4 Å². The van der Waals surface area contributed by atoms with Crippen molar-refractivity contribution in [1.29, 1.82) is 0 Å². The number of rotatable bonds is 4. The Hall–Kier alpha value is -1.81. The van der Waals surface area contributed by atoms with Crippen LogP contribution in [0.4, 0.5) is 0 Å². The van der Waals surface area contributed by atoms with Crippen LogP contribution in [-0.4, -0.2) is 18.5 Å². The minimum absolute atomic E-state index is 0.0820. The van der Waals surface area contributed by atoms with E-state index in [1.807, 2.05) is 0 Å². The molecule has 1 heterocycles. The highest BCUT2D eigenvalue weighted by molar-refractivity contribution is 5.88. The summed E-state index contributed by atoms with van der Waals surface area (Å²) >= 11 is 0. The monoisotopic (exact) mass is 312 g/mol. The van der Waals surface area contributed by atoms with Gasteiger partial charge in [0, 0.05) is 17.0 Å². The maximum Gasteiger partial charge on any atom is 0.224 e. The number of carbonyl (C=O) groups excluding carboxylic acids is 1. The second-order valence-corrected chi connectivity index (χ2v) is 7.01. The third-order valence-electron chi connectivity index (χ3n) is 5.53. The molecule has 2 aliphatic rings. The summed E-state index contributed by atoms with van der Waals surface area (Å²) in [5, 5.41) is 4.27. The second-order valence-electron chi connectivity index (χ2n) is 7.01. The summed E-state index contributed by atoms with van der Waals surface area (Å²) < 4.78 is 5.69. The summed E-state index contributed by atoms with van der Waals surface area (Å²) in [5.41, 5.74) is 10.5. The molecule has 2 atom stereocenters. The molecule has 4 heteroatoms. The molecule has 1 amide bonds. The molecular weight excluding hydrogens is 288 g/mol. The molecule has 1 saturated carbocycles. The fraction of sp³-hybridized carbons (Fsp3) is 0.526. The molecular formula is C19H24N2O2. The van der Waals surface area contributed by atoms with E-state index in [1.54, 1.807) is 6.26 Å². The van der Waals surface area contributed by atoms with Gasteiger partial charge in [0.1, 0.15) is 5.58 Å². The van der Waals surface area contributed by atoms with Gasteiger partial charge in [0.05, 0.1) is 12.7 Å². The number of nitrogens with two attached hydrogens (primary N) is 1. The molecule has 122 valence electrons. The van der Waals surface area contributed by atoms with Crippen molar-refractivity contribution in [3.63, 3.8) is 0 Å². The second kappa shape index (κ2) is 6.00. The minimum atomic E-state index is 0.0820. The Balaban J connectivity index is 1.50. The lowest BCUT2D eigenvalue weighted by atomic mass is 10.0. The Bertz CT molecular complexity index is 734. The zero-order valence-corrected chi connectivity index (χ0v) is 13.4. The zero-order valence-electron chi connectivity index (χ0n) is 13.4. The van der Waals surface area contributed by atoms with Gasteiger partial charge < -0.3 is 15.5 Å². The zero-order chi connectivity index (χ0) is 15.8. The summed E-state index contributed by atoms with van der Waals surface area (Å²) in [7, 11) is 0. The van der Waals surface area contributed by atoms with Crippen molar-refractivity contribution in [3.8, 4) is 0 Å². The third-order valence-corrected chi connectivity index (χ3v) is 5.53. The molecule has 0 radical (unpaired) electrons. The highest BCUT2D eigenvalue weighted by atomic mass is 16.3. The van der Waals surface area contributed by atoms with E-state index in [0.29, 0.717) is 18.9 Å². The van der Waals surface area contributed by atoms with E-state index >= 15 is 0 Å². The van der Waals surface area contributed by atoms with Gasteiger partial charge in [0.25, 0.3) is 0 Å². The minimum Gasteiger partial charge on any atom is -0.464 e. The van der Waals surface area contributed by atoms with Crippen LogP contribution in [0.15, 0.2) is 22.8 Å². The van der Waals surface area contributed by atoms with Crippen molar-refractivity contribution in [2.75, 3.05) is 6.54 Å². The Morgan fingerprint density at radius 3 is 2.87 bits per heavy atom. The molecule has 3 N–H and O–H groups in total. The normalized spacial score (nSPS) is 23.3. The van der Waals surface area contributed by atoms with Gasteiger partial charge in [-0.25, -0.2) is 0 Å². The number of fused-ring (bicyclic) bond motifs is 2. The van der Waals surface area contributed by atoms with E-state index in [-0.39, 0.29) is 11.9 Å². The Kier molecular flexibility index (Phi) is 3.85. The van der Waals surface area contributed by atoms with E-state index in [4.69, 9.17) is 10.2 Å². The van der Waals surface area contributed by atoms with Gasteiger partial charge in [0.15, 0.2) is 0 Å². The maximum absolute atomic E-state index is 12.4. The van der Waals surface area contributed by atoms with Crippen LogP contribution in [-0.2, 0) is 24.1 Å². The average Bonchev–Trinajstić information content (AvgIpc) is 3.25. The summed E-state index contributed by atoms with van der Waals surface area (Å²) in [6.07, 6.45) is 8.98. The van der Waals surface area contributed by atoms with Gasteiger partial charge in [0.2, 0.25) is 5.91 Å². The first-order valence-electron chi connectivity index (χ1n) is 8.76. The Morgan fingerprint density at radius 2 is 2.04 bits per heavy atom. The lowest BCUT2D eigenvalue weighted by Gasteiger charge is -2.19. The first-order valence-corrected chi connectivity index (χ1v) is 8.76. The number of carbonyl (C=O) groups is 1. The van der Waals surface area contributed by atoms with Gasteiger partial charge in [-0.2, -0.15) is 0 Å². The molecule has 0 spiro atoms. The van der Waals surface area contributed by atoms with Gasteiger partial charge in [-0.05, 0) is 67.8 Å². The van der Waals surface area contributed by atoms with E-state index in [2.05, 4.69) is 17.4 Å². The molecule has 4 rings (SSSR count). The highest BCUT2D eigenvalue weighted by Gasteiger charge is 2.27. The van der Waals surface area contributed by atoms with Gasteiger partial charge in [-0.3, -0.25) is 4.79 Å². The van der Waals surface area contributed by atoms with Crippen molar-refractivity contribution < 1.29 is 9.21 Å². The lowest BCUT2D eigenvalue weighted by molar-refractivity contribution is -0.121. The number of furan rings is 1. The predicted octanol–water partition coefficient (Wildman–Crippen LogP) is 2.71. The molecule has 1 fully saturated rings. The van der Waals surface area contributed by atoms with Crippen molar-refractivity contribution in [1.82, 2.24) is 5.32 Å². The molecule has 4 nitrogen and oxygen atoms in total. The first-order chi connectivity index (χ1) is 11.2. The largest absolute Gasteiger partial charge is 0.464 e. The smallest absolute Gasteiger partial charge is 0.224 e. The third kappa shape index (κ3) is 2.76. The Labute approximate surface area is 136 Å². The molecule has 2 aromatic rings. The van der Waals surface area contributed by atoms with Crippen molar-refractivity contribution in [2.24, 2.45) is 11.7 Å². The predicted molar refractivity (Wildman–Crippen MR) is 90.3 cm³/mol. The van der Waals surface area contributed by atoms with Gasteiger partial charge in [-0.15, -0.1) is 0 Å². The molecule has 0 aliphatic heterocycles.